The molecule has 158 valence electrons. The molecule has 31 heavy (non-hydrogen) atoms. The lowest BCUT2D eigenvalue weighted by molar-refractivity contribution is 0.0548. The first-order valence-corrected chi connectivity index (χ1v) is 11.5. The largest absolute Gasteiger partial charge is 0.493 e. The van der Waals surface area contributed by atoms with Crippen LogP contribution in [-0.4, -0.2) is 40.9 Å². The number of hydrogen-bond donors (Lipinski definition) is 1. The van der Waals surface area contributed by atoms with Gasteiger partial charge in [-0.1, -0.05) is 30.3 Å². The van der Waals surface area contributed by atoms with E-state index in [0.29, 0.717) is 29.3 Å². The van der Waals surface area contributed by atoms with Gasteiger partial charge in [-0.15, -0.1) is 11.3 Å². The number of nitrogens with one attached hydrogen (secondary N) is 1. The fourth-order valence-electron chi connectivity index (χ4n) is 4.21. The van der Waals surface area contributed by atoms with Crippen LogP contribution in [-0.2, 0) is 0 Å². The van der Waals surface area contributed by atoms with Gasteiger partial charge in [0, 0.05) is 35.6 Å². The Balaban J connectivity index is 1.37. The summed E-state index contributed by atoms with van der Waals surface area (Å²) in [6.45, 7) is 1.37. The van der Waals surface area contributed by atoms with E-state index in [4.69, 9.17) is 4.74 Å². The molecule has 5 rings (SSSR count). The summed E-state index contributed by atoms with van der Waals surface area (Å²) in [5.41, 5.74) is 2.40. The van der Waals surface area contributed by atoms with Crippen molar-refractivity contribution in [2.45, 2.75) is 31.7 Å². The Bertz CT molecular complexity index is 1110. The summed E-state index contributed by atoms with van der Waals surface area (Å²) in [7, 11) is 0. The van der Waals surface area contributed by atoms with Gasteiger partial charge in [0.1, 0.15) is 16.5 Å². The summed E-state index contributed by atoms with van der Waals surface area (Å²) in [6, 6.07) is 15.3. The molecular weight excluding hydrogens is 410 g/mol. The Kier molecular flexibility index (Phi) is 5.42. The molecule has 0 aliphatic carbocycles. The number of benzene rings is 2. The molecule has 7 heteroatoms. The molecule has 0 saturated carbocycles. The number of ether oxygens (including phenoxy) is 1. The van der Waals surface area contributed by atoms with Gasteiger partial charge >= 0.3 is 0 Å². The van der Waals surface area contributed by atoms with Crippen molar-refractivity contribution in [2.75, 3.05) is 18.5 Å². The van der Waals surface area contributed by atoms with Crippen LogP contribution in [0.3, 0.4) is 0 Å². The zero-order valence-corrected chi connectivity index (χ0v) is 17.9. The molecule has 0 unspecified atom stereocenters. The maximum atomic E-state index is 13.2. The molecular formula is C24H23N3O3S. The number of piperidine rings is 1. The number of aromatic nitrogens is 1. The van der Waals surface area contributed by atoms with E-state index in [0.717, 1.165) is 42.8 Å². The molecule has 1 atom stereocenters. The molecule has 0 bridgehead atoms. The van der Waals surface area contributed by atoms with Crippen LogP contribution in [0.2, 0.25) is 0 Å². The van der Waals surface area contributed by atoms with Crippen LogP contribution < -0.4 is 10.1 Å². The number of carbonyl (C=O) groups is 2. The molecule has 6 nitrogen and oxygen atoms in total. The minimum absolute atomic E-state index is 0.0180. The lowest BCUT2D eigenvalue weighted by Crippen LogP contribution is -2.45. The Morgan fingerprint density at radius 1 is 1.13 bits per heavy atom. The van der Waals surface area contributed by atoms with Gasteiger partial charge in [-0.25, -0.2) is 4.98 Å². The average molecular weight is 434 g/mol. The molecule has 1 aromatic heterocycles. The highest BCUT2D eigenvalue weighted by Crippen LogP contribution is 2.31. The first-order valence-electron chi connectivity index (χ1n) is 10.6. The van der Waals surface area contributed by atoms with Gasteiger partial charge in [-0.3, -0.25) is 9.59 Å². The molecule has 3 heterocycles. The zero-order valence-electron chi connectivity index (χ0n) is 17.0. The highest BCUT2D eigenvalue weighted by molar-refractivity contribution is 7.13. The lowest BCUT2D eigenvalue weighted by atomic mass is 9.97. The first kappa shape index (κ1) is 19.8. The molecule has 0 radical (unpaired) electrons. The number of thiazole rings is 1. The van der Waals surface area contributed by atoms with E-state index in [1.54, 1.807) is 23.6 Å². The second kappa shape index (κ2) is 8.51. The van der Waals surface area contributed by atoms with Gasteiger partial charge in [0.15, 0.2) is 0 Å². The highest BCUT2D eigenvalue weighted by Gasteiger charge is 2.31. The van der Waals surface area contributed by atoms with Crippen LogP contribution in [0.1, 0.15) is 46.5 Å². The zero-order chi connectivity index (χ0) is 21.2. The van der Waals surface area contributed by atoms with Crippen molar-refractivity contribution < 1.29 is 14.3 Å². The molecule has 3 aromatic rings. The second-order valence-electron chi connectivity index (χ2n) is 7.85. The third-order valence-electron chi connectivity index (χ3n) is 5.82. The van der Waals surface area contributed by atoms with Gasteiger partial charge in [-0.2, -0.15) is 0 Å². The quantitative estimate of drug-likeness (QED) is 0.642. The van der Waals surface area contributed by atoms with E-state index >= 15 is 0 Å². The number of nitrogens with zero attached hydrogens (tertiary/aromatic N) is 2. The third kappa shape index (κ3) is 4.05. The Morgan fingerprint density at radius 3 is 2.87 bits per heavy atom. The Morgan fingerprint density at radius 2 is 2.00 bits per heavy atom. The van der Waals surface area contributed by atoms with Gasteiger partial charge < -0.3 is 15.0 Å². The normalized spacial score (nSPS) is 18.3. The lowest BCUT2D eigenvalue weighted by Gasteiger charge is -2.37. The Hall–Kier alpha value is -3.19. The summed E-state index contributed by atoms with van der Waals surface area (Å²) in [5.74, 6) is 0.260. The SMILES string of the molecule is O=C(Nc1ccc2c(c1)C(=O)N1CCCC[C@H]1CCO2)c1csc(-c2ccccc2)n1. The number of anilines is 1. The summed E-state index contributed by atoms with van der Waals surface area (Å²) in [5, 5.41) is 5.42. The van der Waals surface area contributed by atoms with Crippen molar-refractivity contribution in [3.63, 3.8) is 0 Å². The van der Waals surface area contributed by atoms with Gasteiger partial charge in [-0.05, 0) is 37.5 Å². The number of rotatable bonds is 3. The minimum Gasteiger partial charge on any atom is -0.493 e. The highest BCUT2D eigenvalue weighted by atomic mass is 32.1. The minimum atomic E-state index is -0.298. The summed E-state index contributed by atoms with van der Waals surface area (Å²) in [6.07, 6.45) is 4.06. The van der Waals surface area contributed by atoms with E-state index in [9.17, 15) is 9.59 Å². The van der Waals surface area contributed by atoms with E-state index in [2.05, 4.69) is 10.3 Å². The van der Waals surface area contributed by atoms with Crippen molar-refractivity contribution in [3.8, 4) is 16.3 Å². The van der Waals surface area contributed by atoms with Crippen molar-refractivity contribution in [1.82, 2.24) is 9.88 Å². The maximum absolute atomic E-state index is 13.2. The van der Waals surface area contributed by atoms with Crippen molar-refractivity contribution in [1.29, 1.82) is 0 Å². The standard InChI is InChI=1S/C24H23N3O3S/c28-22(20-15-31-23(26-20)16-6-2-1-3-7-16)25-17-9-10-21-19(14-17)24(29)27-12-5-4-8-18(27)11-13-30-21/h1-3,6-7,9-10,14-15,18H,4-5,8,11-13H2,(H,25,28)/t18-/m0/s1. The van der Waals surface area contributed by atoms with E-state index < -0.39 is 0 Å². The summed E-state index contributed by atoms with van der Waals surface area (Å²) >= 11 is 1.43. The van der Waals surface area contributed by atoms with Crippen molar-refractivity contribution >= 4 is 28.8 Å². The number of fused-ring (bicyclic) bond motifs is 2. The number of carbonyl (C=O) groups excluding carboxylic acids is 2. The molecule has 1 N–H and O–H groups in total. The molecule has 2 aliphatic heterocycles. The van der Waals surface area contributed by atoms with Crippen molar-refractivity contribution in [3.05, 3.63) is 65.2 Å². The van der Waals surface area contributed by atoms with Gasteiger partial charge in [0.25, 0.3) is 11.8 Å². The third-order valence-corrected chi connectivity index (χ3v) is 6.71. The van der Waals surface area contributed by atoms with Crippen LogP contribution in [0.25, 0.3) is 10.6 Å². The van der Waals surface area contributed by atoms with E-state index in [1.165, 1.54) is 11.3 Å². The molecule has 2 amide bonds. The van der Waals surface area contributed by atoms with Crippen LogP contribution in [0, 0.1) is 0 Å². The van der Waals surface area contributed by atoms with Crippen molar-refractivity contribution in [2.24, 2.45) is 0 Å². The molecule has 1 saturated heterocycles. The average Bonchev–Trinajstić information content (AvgIpc) is 3.30. The number of amides is 2. The van der Waals surface area contributed by atoms with Crippen LogP contribution in [0.4, 0.5) is 5.69 Å². The smallest absolute Gasteiger partial charge is 0.275 e. The number of hydrogen-bond acceptors (Lipinski definition) is 5. The summed E-state index contributed by atoms with van der Waals surface area (Å²) < 4.78 is 5.87. The van der Waals surface area contributed by atoms with Crippen LogP contribution in [0.15, 0.2) is 53.9 Å². The molecule has 2 aromatic carbocycles. The monoisotopic (exact) mass is 433 g/mol. The van der Waals surface area contributed by atoms with Crippen LogP contribution in [0.5, 0.6) is 5.75 Å². The maximum Gasteiger partial charge on any atom is 0.275 e. The Labute approximate surface area is 184 Å². The van der Waals surface area contributed by atoms with Gasteiger partial charge in [0.2, 0.25) is 0 Å². The predicted octanol–water partition coefficient (Wildman–Crippen LogP) is 4.84. The molecule has 0 spiro atoms. The first-order chi connectivity index (χ1) is 15.2. The van der Waals surface area contributed by atoms with Gasteiger partial charge in [0.05, 0.1) is 12.2 Å². The topological polar surface area (TPSA) is 71.5 Å². The van der Waals surface area contributed by atoms with E-state index in [1.807, 2.05) is 35.2 Å². The second-order valence-corrected chi connectivity index (χ2v) is 8.71. The van der Waals surface area contributed by atoms with E-state index in [-0.39, 0.29) is 17.9 Å². The molecule has 2 aliphatic rings. The predicted molar refractivity (Wildman–Crippen MR) is 121 cm³/mol. The fourth-order valence-corrected chi connectivity index (χ4v) is 5.02. The summed E-state index contributed by atoms with van der Waals surface area (Å²) in [4.78, 5) is 32.4. The fraction of sp³-hybridized carbons (Fsp3) is 0.292. The molecule has 1 fully saturated rings. The van der Waals surface area contributed by atoms with Crippen LogP contribution >= 0.6 is 11.3 Å².